The molecule has 0 heterocycles. The smallest absolute Gasteiger partial charge is 0.0778 e. The van der Waals surface area contributed by atoms with E-state index >= 15 is 0 Å². The van der Waals surface area contributed by atoms with Crippen molar-refractivity contribution in [2.75, 3.05) is 11.9 Å². The number of alkyl halides is 1. The van der Waals surface area contributed by atoms with E-state index in [0.29, 0.717) is 0 Å². The average molecular weight is 305 g/mol. The number of hydrogen-bond donors (Lipinski definition) is 0. The highest BCUT2D eigenvalue weighted by Gasteiger charge is 2.30. The van der Waals surface area contributed by atoms with E-state index in [-0.39, 0.29) is 5.60 Å². The van der Waals surface area contributed by atoms with Crippen LogP contribution in [0.5, 0.6) is 0 Å². The minimum atomic E-state index is 0.168. The first-order valence-electron chi connectivity index (χ1n) is 7.53. The van der Waals surface area contributed by atoms with Crippen LogP contribution in [0.1, 0.15) is 77.6 Å². The van der Waals surface area contributed by atoms with E-state index in [1.54, 1.807) is 0 Å². The van der Waals surface area contributed by atoms with Crippen molar-refractivity contribution >= 4 is 15.9 Å². The van der Waals surface area contributed by atoms with Gasteiger partial charge in [0.2, 0.25) is 0 Å². The topological polar surface area (TPSA) is 9.23 Å². The van der Waals surface area contributed by atoms with Gasteiger partial charge in [0.25, 0.3) is 0 Å². The van der Waals surface area contributed by atoms with E-state index in [1.165, 1.54) is 70.6 Å². The first-order chi connectivity index (χ1) is 8.33. The molecule has 1 saturated carbocycles. The van der Waals surface area contributed by atoms with Crippen LogP contribution in [-0.4, -0.2) is 17.5 Å². The lowest BCUT2D eigenvalue weighted by Crippen LogP contribution is -2.34. The van der Waals surface area contributed by atoms with Crippen molar-refractivity contribution in [3.8, 4) is 0 Å². The number of unbranched alkanes of at least 4 members (excludes halogenated alkanes) is 4. The van der Waals surface area contributed by atoms with Crippen LogP contribution in [0.3, 0.4) is 0 Å². The normalized spacial score (nSPS) is 20.1. The number of rotatable bonds is 8. The molecule has 0 N–H and O–H groups in total. The maximum absolute atomic E-state index is 6.23. The van der Waals surface area contributed by atoms with E-state index in [2.05, 4.69) is 22.9 Å². The molecule has 0 atom stereocenters. The van der Waals surface area contributed by atoms with E-state index in [4.69, 9.17) is 4.74 Å². The van der Waals surface area contributed by atoms with Crippen LogP contribution in [0, 0.1) is 0 Å². The average Bonchev–Trinajstić information content (AvgIpc) is 2.60. The molecule has 102 valence electrons. The molecule has 0 aliphatic heterocycles. The van der Waals surface area contributed by atoms with Crippen LogP contribution in [0.4, 0.5) is 0 Å². The lowest BCUT2D eigenvalue weighted by molar-refractivity contribution is -0.0389. The fraction of sp³-hybridized carbons (Fsp3) is 1.00. The molecular formula is C15H29BrO. The van der Waals surface area contributed by atoms with Crippen molar-refractivity contribution in [2.45, 2.75) is 83.2 Å². The Balaban J connectivity index is 2.16. The molecule has 1 nitrogen and oxygen atoms in total. The van der Waals surface area contributed by atoms with Gasteiger partial charge >= 0.3 is 0 Å². The highest BCUT2D eigenvalue weighted by molar-refractivity contribution is 9.09. The van der Waals surface area contributed by atoms with Crippen molar-refractivity contribution < 1.29 is 4.74 Å². The minimum Gasteiger partial charge on any atom is -0.374 e. The summed E-state index contributed by atoms with van der Waals surface area (Å²) in [5.74, 6) is 0. The SMILES string of the molecule is CCCCCCCOC1(CBr)CCCCCC1. The first-order valence-corrected chi connectivity index (χ1v) is 8.65. The summed E-state index contributed by atoms with van der Waals surface area (Å²) in [5.41, 5.74) is 0.168. The Labute approximate surface area is 116 Å². The van der Waals surface area contributed by atoms with Gasteiger partial charge < -0.3 is 4.74 Å². The van der Waals surface area contributed by atoms with Gasteiger partial charge in [0.1, 0.15) is 0 Å². The van der Waals surface area contributed by atoms with Gasteiger partial charge in [-0.2, -0.15) is 0 Å². The molecule has 0 aromatic heterocycles. The van der Waals surface area contributed by atoms with Crippen molar-refractivity contribution in [2.24, 2.45) is 0 Å². The second-order valence-electron chi connectivity index (χ2n) is 5.49. The summed E-state index contributed by atoms with van der Waals surface area (Å²) in [6, 6.07) is 0. The van der Waals surface area contributed by atoms with Gasteiger partial charge in [-0.05, 0) is 19.3 Å². The Bertz CT molecular complexity index is 174. The molecule has 17 heavy (non-hydrogen) atoms. The zero-order valence-corrected chi connectivity index (χ0v) is 13.1. The van der Waals surface area contributed by atoms with Gasteiger partial charge in [0, 0.05) is 11.9 Å². The third-order valence-corrected chi connectivity index (χ3v) is 4.94. The number of halogens is 1. The summed E-state index contributed by atoms with van der Waals surface area (Å²) in [6.45, 7) is 3.23. The molecule has 1 aliphatic carbocycles. The van der Waals surface area contributed by atoms with Crippen LogP contribution < -0.4 is 0 Å². The Hall–Kier alpha value is 0.440. The van der Waals surface area contributed by atoms with Crippen LogP contribution in [-0.2, 0) is 4.74 Å². The van der Waals surface area contributed by atoms with Gasteiger partial charge in [-0.3, -0.25) is 0 Å². The quantitative estimate of drug-likeness (QED) is 0.328. The predicted octanol–water partition coefficient (Wildman–Crippen LogP) is 5.46. The fourth-order valence-corrected chi connectivity index (χ4v) is 3.41. The first kappa shape index (κ1) is 15.5. The van der Waals surface area contributed by atoms with Crippen molar-refractivity contribution in [1.29, 1.82) is 0 Å². The molecule has 1 fully saturated rings. The largest absolute Gasteiger partial charge is 0.374 e. The lowest BCUT2D eigenvalue weighted by atomic mass is 9.96. The highest BCUT2D eigenvalue weighted by atomic mass is 79.9. The zero-order valence-electron chi connectivity index (χ0n) is 11.5. The molecule has 0 saturated heterocycles. The molecule has 0 radical (unpaired) electrons. The van der Waals surface area contributed by atoms with Crippen LogP contribution in [0.2, 0.25) is 0 Å². The van der Waals surface area contributed by atoms with Crippen molar-refractivity contribution in [1.82, 2.24) is 0 Å². The van der Waals surface area contributed by atoms with Crippen LogP contribution >= 0.6 is 15.9 Å². The molecule has 1 aliphatic rings. The van der Waals surface area contributed by atoms with E-state index in [0.717, 1.165) is 11.9 Å². The van der Waals surface area contributed by atoms with E-state index in [1.807, 2.05) is 0 Å². The minimum absolute atomic E-state index is 0.168. The van der Waals surface area contributed by atoms with Crippen molar-refractivity contribution in [3.05, 3.63) is 0 Å². The molecule has 0 unspecified atom stereocenters. The Kier molecular flexibility index (Phi) is 8.55. The third-order valence-electron chi connectivity index (χ3n) is 3.91. The van der Waals surface area contributed by atoms with Gasteiger partial charge in [-0.15, -0.1) is 0 Å². The molecule has 0 amide bonds. The van der Waals surface area contributed by atoms with Gasteiger partial charge in [0.15, 0.2) is 0 Å². The van der Waals surface area contributed by atoms with E-state index in [9.17, 15) is 0 Å². The highest BCUT2D eigenvalue weighted by Crippen LogP contribution is 2.32. The maximum atomic E-state index is 6.23. The summed E-state index contributed by atoms with van der Waals surface area (Å²) < 4.78 is 6.23. The number of ether oxygens (including phenoxy) is 1. The predicted molar refractivity (Wildman–Crippen MR) is 78.9 cm³/mol. The Morgan fingerprint density at radius 2 is 1.59 bits per heavy atom. The second-order valence-corrected chi connectivity index (χ2v) is 6.05. The van der Waals surface area contributed by atoms with Gasteiger partial charge in [0.05, 0.1) is 5.60 Å². The van der Waals surface area contributed by atoms with E-state index < -0.39 is 0 Å². The van der Waals surface area contributed by atoms with Gasteiger partial charge in [-0.25, -0.2) is 0 Å². The summed E-state index contributed by atoms with van der Waals surface area (Å²) >= 11 is 3.67. The molecule has 0 aromatic rings. The summed E-state index contributed by atoms with van der Waals surface area (Å²) in [4.78, 5) is 0. The molecule has 0 spiro atoms. The standard InChI is InChI=1S/C15H29BrO/c1-2-3-4-7-10-13-17-15(14-16)11-8-5-6-9-12-15/h2-14H2,1H3. The molecule has 0 bridgehead atoms. The van der Waals surface area contributed by atoms with Gasteiger partial charge in [-0.1, -0.05) is 74.2 Å². The van der Waals surface area contributed by atoms with Crippen molar-refractivity contribution in [3.63, 3.8) is 0 Å². The summed E-state index contributed by atoms with van der Waals surface area (Å²) in [5, 5.41) is 1.02. The molecular weight excluding hydrogens is 276 g/mol. The van der Waals surface area contributed by atoms with Crippen LogP contribution in [0.15, 0.2) is 0 Å². The summed E-state index contributed by atoms with van der Waals surface area (Å²) in [7, 11) is 0. The Morgan fingerprint density at radius 3 is 2.18 bits per heavy atom. The molecule has 2 heteroatoms. The monoisotopic (exact) mass is 304 g/mol. The van der Waals surface area contributed by atoms with Crippen LogP contribution in [0.25, 0.3) is 0 Å². The lowest BCUT2D eigenvalue weighted by Gasteiger charge is -2.31. The third kappa shape index (κ3) is 6.24. The summed E-state index contributed by atoms with van der Waals surface area (Å²) in [6.07, 6.45) is 14.7. The molecule has 1 rings (SSSR count). The zero-order chi connectivity index (χ0) is 12.4. The second kappa shape index (κ2) is 9.38. The molecule has 0 aromatic carbocycles. The number of hydrogen-bond acceptors (Lipinski definition) is 1. The maximum Gasteiger partial charge on any atom is 0.0778 e. The Morgan fingerprint density at radius 1 is 0.941 bits per heavy atom. The fourth-order valence-electron chi connectivity index (χ4n) is 2.68.